The maximum atomic E-state index is 13.3. The molecule has 122 valence electrons. The molecule has 3 rings (SSSR count). The summed E-state index contributed by atoms with van der Waals surface area (Å²) in [4.78, 5) is 16.5. The highest BCUT2D eigenvalue weighted by Crippen LogP contribution is 2.14. The number of carbonyl (C=O) groups is 1. The molecule has 0 aliphatic carbocycles. The van der Waals surface area contributed by atoms with E-state index in [0.29, 0.717) is 18.7 Å². The van der Waals surface area contributed by atoms with Crippen molar-refractivity contribution in [3.8, 4) is 0 Å². The molecule has 6 heteroatoms. The van der Waals surface area contributed by atoms with Crippen LogP contribution < -0.4 is 0 Å². The first-order chi connectivity index (χ1) is 11.0. The number of hydrogen-bond acceptors (Lipinski definition) is 3. The summed E-state index contributed by atoms with van der Waals surface area (Å²) in [6.45, 7) is 5.81. The third kappa shape index (κ3) is 3.59. The Morgan fingerprint density at radius 1 is 1.26 bits per heavy atom. The molecule has 1 saturated heterocycles. The highest BCUT2D eigenvalue weighted by Gasteiger charge is 2.23. The standard InChI is InChI=1S/C17H21FN4O/c1-13-15(11-20(2)19-13)12-21-6-8-22(9-7-21)17(23)14-4-3-5-16(18)10-14/h3-5,10-11H,6-9,12H2,1-2H3. The molecule has 1 aliphatic rings. The fraction of sp³-hybridized carbons (Fsp3) is 0.412. The summed E-state index contributed by atoms with van der Waals surface area (Å²) in [6.07, 6.45) is 2.04. The van der Waals surface area contributed by atoms with Crippen LogP contribution in [-0.4, -0.2) is 51.7 Å². The van der Waals surface area contributed by atoms with Crippen LogP contribution in [0.5, 0.6) is 0 Å². The summed E-state index contributed by atoms with van der Waals surface area (Å²) in [5.41, 5.74) is 2.68. The fourth-order valence-electron chi connectivity index (χ4n) is 2.96. The van der Waals surface area contributed by atoms with Gasteiger partial charge < -0.3 is 4.90 Å². The lowest BCUT2D eigenvalue weighted by molar-refractivity contribution is 0.0627. The van der Waals surface area contributed by atoms with E-state index < -0.39 is 0 Å². The Morgan fingerprint density at radius 2 is 2.00 bits per heavy atom. The SMILES string of the molecule is Cc1nn(C)cc1CN1CCN(C(=O)c2cccc(F)c2)CC1. The average Bonchev–Trinajstić information content (AvgIpc) is 2.85. The molecule has 0 atom stereocenters. The van der Waals surface area contributed by atoms with Crippen LogP contribution in [0, 0.1) is 12.7 Å². The molecule has 0 bridgehead atoms. The van der Waals surface area contributed by atoms with Crippen LogP contribution >= 0.6 is 0 Å². The second-order valence-corrected chi connectivity index (χ2v) is 5.99. The lowest BCUT2D eigenvalue weighted by atomic mass is 10.1. The maximum absolute atomic E-state index is 13.3. The van der Waals surface area contributed by atoms with Gasteiger partial charge in [-0.25, -0.2) is 4.39 Å². The van der Waals surface area contributed by atoms with Crippen LogP contribution in [0.4, 0.5) is 4.39 Å². The van der Waals surface area contributed by atoms with Crippen molar-refractivity contribution < 1.29 is 9.18 Å². The first kappa shape index (κ1) is 15.7. The second kappa shape index (κ2) is 6.50. The Kier molecular flexibility index (Phi) is 4.43. The lowest BCUT2D eigenvalue weighted by Gasteiger charge is -2.34. The van der Waals surface area contributed by atoms with Gasteiger partial charge in [0.05, 0.1) is 5.69 Å². The molecular formula is C17H21FN4O. The molecule has 5 nitrogen and oxygen atoms in total. The van der Waals surface area contributed by atoms with Gasteiger partial charge in [0, 0.05) is 57.1 Å². The van der Waals surface area contributed by atoms with E-state index in [0.717, 1.165) is 25.3 Å². The van der Waals surface area contributed by atoms with Gasteiger partial charge in [-0.05, 0) is 25.1 Å². The molecule has 0 radical (unpaired) electrons. The van der Waals surface area contributed by atoms with E-state index in [4.69, 9.17) is 0 Å². The highest BCUT2D eigenvalue weighted by molar-refractivity contribution is 5.94. The lowest BCUT2D eigenvalue weighted by Crippen LogP contribution is -2.48. The normalized spacial score (nSPS) is 15.9. The molecule has 1 fully saturated rings. The van der Waals surface area contributed by atoms with Crippen molar-refractivity contribution in [2.75, 3.05) is 26.2 Å². The van der Waals surface area contributed by atoms with Crippen LogP contribution in [0.2, 0.25) is 0 Å². The van der Waals surface area contributed by atoms with E-state index >= 15 is 0 Å². The topological polar surface area (TPSA) is 41.4 Å². The quantitative estimate of drug-likeness (QED) is 0.867. The third-order valence-corrected chi connectivity index (χ3v) is 4.24. The molecular weight excluding hydrogens is 295 g/mol. The minimum Gasteiger partial charge on any atom is -0.336 e. The Morgan fingerprint density at radius 3 is 2.61 bits per heavy atom. The Labute approximate surface area is 135 Å². The molecule has 2 aromatic rings. The zero-order chi connectivity index (χ0) is 16.4. The molecule has 23 heavy (non-hydrogen) atoms. The maximum Gasteiger partial charge on any atom is 0.254 e. The third-order valence-electron chi connectivity index (χ3n) is 4.24. The number of aromatic nitrogens is 2. The number of hydrogen-bond donors (Lipinski definition) is 0. The number of halogens is 1. The van der Waals surface area contributed by atoms with Crippen molar-refractivity contribution in [2.45, 2.75) is 13.5 Å². The van der Waals surface area contributed by atoms with Gasteiger partial charge in [-0.1, -0.05) is 6.07 Å². The molecule has 2 heterocycles. The number of amides is 1. The largest absolute Gasteiger partial charge is 0.336 e. The molecule has 0 saturated carbocycles. The summed E-state index contributed by atoms with van der Waals surface area (Å²) >= 11 is 0. The number of nitrogens with zero attached hydrogens (tertiary/aromatic N) is 4. The zero-order valence-corrected chi connectivity index (χ0v) is 13.5. The van der Waals surface area contributed by atoms with Gasteiger partial charge in [-0.15, -0.1) is 0 Å². The van der Waals surface area contributed by atoms with Crippen LogP contribution in [0.15, 0.2) is 30.5 Å². The Balaban J connectivity index is 1.58. The van der Waals surface area contributed by atoms with Gasteiger partial charge in [0.1, 0.15) is 5.82 Å². The number of rotatable bonds is 3. The number of benzene rings is 1. The minimum absolute atomic E-state index is 0.0956. The Hall–Kier alpha value is -2.21. The van der Waals surface area contributed by atoms with Crippen molar-refractivity contribution in [2.24, 2.45) is 7.05 Å². The summed E-state index contributed by atoms with van der Waals surface area (Å²) < 4.78 is 15.1. The van der Waals surface area contributed by atoms with E-state index in [1.54, 1.807) is 17.0 Å². The predicted molar refractivity (Wildman–Crippen MR) is 85.5 cm³/mol. The average molecular weight is 316 g/mol. The minimum atomic E-state index is -0.374. The second-order valence-electron chi connectivity index (χ2n) is 5.99. The fourth-order valence-corrected chi connectivity index (χ4v) is 2.96. The van der Waals surface area contributed by atoms with Crippen molar-refractivity contribution in [1.29, 1.82) is 0 Å². The molecule has 1 amide bonds. The van der Waals surface area contributed by atoms with Crippen LogP contribution in [0.1, 0.15) is 21.6 Å². The Bertz CT molecular complexity index is 704. The smallest absolute Gasteiger partial charge is 0.254 e. The molecule has 1 aromatic carbocycles. The summed E-state index contributed by atoms with van der Waals surface area (Å²) in [5, 5.41) is 4.36. The van der Waals surface area contributed by atoms with Gasteiger partial charge in [0.15, 0.2) is 0 Å². The summed E-state index contributed by atoms with van der Waals surface area (Å²) in [5.74, 6) is -0.469. The van der Waals surface area contributed by atoms with E-state index in [2.05, 4.69) is 10.00 Å². The van der Waals surface area contributed by atoms with Crippen molar-refractivity contribution in [1.82, 2.24) is 19.6 Å². The van der Waals surface area contributed by atoms with Crippen LogP contribution in [0.25, 0.3) is 0 Å². The van der Waals surface area contributed by atoms with Crippen LogP contribution in [0.3, 0.4) is 0 Å². The molecule has 1 aliphatic heterocycles. The van der Waals surface area contributed by atoms with E-state index in [1.165, 1.54) is 17.7 Å². The van der Waals surface area contributed by atoms with Gasteiger partial charge in [0.25, 0.3) is 5.91 Å². The van der Waals surface area contributed by atoms with Gasteiger partial charge >= 0.3 is 0 Å². The summed E-state index contributed by atoms with van der Waals surface area (Å²) in [6, 6.07) is 5.89. The highest BCUT2D eigenvalue weighted by atomic mass is 19.1. The monoisotopic (exact) mass is 316 g/mol. The van der Waals surface area contributed by atoms with E-state index in [9.17, 15) is 9.18 Å². The number of aryl methyl sites for hydroxylation is 2. The molecule has 0 N–H and O–H groups in total. The van der Waals surface area contributed by atoms with Crippen molar-refractivity contribution in [3.05, 3.63) is 53.1 Å². The van der Waals surface area contributed by atoms with Crippen molar-refractivity contribution >= 4 is 5.91 Å². The zero-order valence-electron chi connectivity index (χ0n) is 13.5. The number of carbonyl (C=O) groups excluding carboxylic acids is 1. The summed E-state index contributed by atoms with van der Waals surface area (Å²) in [7, 11) is 1.92. The predicted octanol–water partition coefficient (Wildman–Crippen LogP) is 1.83. The first-order valence-corrected chi connectivity index (χ1v) is 7.79. The number of piperazine rings is 1. The van der Waals surface area contributed by atoms with Crippen LogP contribution in [-0.2, 0) is 13.6 Å². The molecule has 0 spiro atoms. The molecule has 0 unspecified atom stereocenters. The van der Waals surface area contributed by atoms with Gasteiger partial charge in [0.2, 0.25) is 0 Å². The van der Waals surface area contributed by atoms with Crippen molar-refractivity contribution in [3.63, 3.8) is 0 Å². The first-order valence-electron chi connectivity index (χ1n) is 7.79. The molecule has 1 aromatic heterocycles. The van der Waals surface area contributed by atoms with Gasteiger partial charge in [-0.3, -0.25) is 14.4 Å². The van der Waals surface area contributed by atoms with E-state index in [-0.39, 0.29) is 11.7 Å². The van der Waals surface area contributed by atoms with E-state index in [1.807, 2.05) is 24.9 Å². The van der Waals surface area contributed by atoms with Gasteiger partial charge in [-0.2, -0.15) is 5.10 Å².